The van der Waals surface area contributed by atoms with Crippen molar-refractivity contribution in [3.05, 3.63) is 33.5 Å². The first-order valence-electron chi connectivity index (χ1n) is 5.55. The van der Waals surface area contributed by atoms with Crippen LogP contribution in [0, 0.1) is 0 Å². The zero-order valence-corrected chi connectivity index (χ0v) is 11.6. The molecule has 2 aromatic heterocycles. The van der Waals surface area contributed by atoms with Crippen molar-refractivity contribution in [2.24, 2.45) is 0 Å². The van der Waals surface area contributed by atoms with Crippen LogP contribution in [-0.2, 0) is 13.2 Å². The SMILES string of the molecule is CC(C)N(Cc1cccs1)c1ncc(CO)s1. The lowest BCUT2D eigenvalue weighted by Crippen LogP contribution is -2.29. The Morgan fingerprint density at radius 2 is 2.24 bits per heavy atom. The number of rotatable bonds is 5. The Hall–Kier alpha value is -0.910. The molecule has 92 valence electrons. The Kier molecular flexibility index (Phi) is 4.15. The third kappa shape index (κ3) is 3.06. The van der Waals surface area contributed by atoms with Crippen LogP contribution < -0.4 is 4.90 Å². The summed E-state index contributed by atoms with van der Waals surface area (Å²) in [5, 5.41) is 12.2. The quantitative estimate of drug-likeness (QED) is 0.905. The number of thiophene rings is 1. The number of aliphatic hydroxyl groups is 1. The lowest BCUT2D eigenvalue weighted by atomic mass is 10.3. The number of nitrogens with zero attached hydrogens (tertiary/aromatic N) is 2. The molecule has 0 aliphatic heterocycles. The predicted molar refractivity (Wildman–Crippen MR) is 73.7 cm³/mol. The molecule has 17 heavy (non-hydrogen) atoms. The molecule has 0 amide bonds. The van der Waals surface area contributed by atoms with Gasteiger partial charge in [0.05, 0.1) is 18.0 Å². The van der Waals surface area contributed by atoms with Gasteiger partial charge in [-0.15, -0.1) is 11.3 Å². The van der Waals surface area contributed by atoms with Crippen LogP contribution in [0.1, 0.15) is 23.6 Å². The van der Waals surface area contributed by atoms with Crippen LogP contribution in [0.3, 0.4) is 0 Å². The minimum atomic E-state index is 0.0720. The molecule has 0 saturated carbocycles. The fourth-order valence-electron chi connectivity index (χ4n) is 1.54. The second-order valence-corrected chi connectivity index (χ2v) is 6.19. The van der Waals surface area contributed by atoms with Crippen molar-refractivity contribution in [1.82, 2.24) is 4.98 Å². The number of thiazole rings is 1. The molecule has 0 aromatic carbocycles. The second kappa shape index (κ2) is 5.62. The highest BCUT2D eigenvalue weighted by Crippen LogP contribution is 2.26. The van der Waals surface area contributed by atoms with Crippen LogP contribution in [0.4, 0.5) is 5.13 Å². The van der Waals surface area contributed by atoms with Gasteiger partial charge < -0.3 is 10.0 Å². The van der Waals surface area contributed by atoms with Gasteiger partial charge in [0, 0.05) is 17.1 Å². The van der Waals surface area contributed by atoms with Gasteiger partial charge >= 0.3 is 0 Å². The van der Waals surface area contributed by atoms with Crippen molar-refractivity contribution in [1.29, 1.82) is 0 Å². The summed E-state index contributed by atoms with van der Waals surface area (Å²) in [5.74, 6) is 0. The average molecular weight is 268 g/mol. The van der Waals surface area contributed by atoms with E-state index in [2.05, 4.69) is 41.2 Å². The molecule has 3 nitrogen and oxygen atoms in total. The van der Waals surface area contributed by atoms with E-state index >= 15 is 0 Å². The minimum absolute atomic E-state index is 0.0720. The minimum Gasteiger partial charge on any atom is -0.391 e. The summed E-state index contributed by atoms with van der Waals surface area (Å²) < 4.78 is 0. The molecule has 2 aromatic rings. The third-order valence-corrected chi connectivity index (χ3v) is 4.35. The van der Waals surface area contributed by atoms with Crippen molar-refractivity contribution >= 4 is 27.8 Å². The van der Waals surface area contributed by atoms with E-state index in [4.69, 9.17) is 5.11 Å². The third-order valence-electron chi connectivity index (χ3n) is 2.47. The maximum Gasteiger partial charge on any atom is 0.186 e. The van der Waals surface area contributed by atoms with Crippen LogP contribution >= 0.6 is 22.7 Å². The topological polar surface area (TPSA) is 36.4 Å². The second-order valence-electron chi connectivity index (χ2n) is 4.07. The number of anilines is 1. The summed E-state index contributed by atoms with van der Waals surface area (Å²) in [4.78, 5) is 8.88. The molecule has 0 atom stereocenters. The summed E-state index contributed by atoms with van der Waals surface area (Å²) in [6, 6.07) is 4.61. The summed E-state index contributed by atoms with van der Waals surface area (Å²) in [6.45, 7) is 5.28. The van der Waals surface area contributed by atoms with E-state index in [0.717, 1.165) is 16.6 Å². The van der Waals surface area contributed by atoms with Crippen LogP contribution in [0.25, 0.3) is 0 Å². The smallest absolute Gasteiger partial charge is 0.186 e. The highest BCUT2D eigenvalue weighted by atomic mass is 32.1. The average Bonchev–Trinajstić information content (AvgIpc) is 2.96. The molecule has 0 bridgehead atoms. The van der Waals surface area contributed by atoms with Gasteiger partial charge in [-0.2, -0.15) is 0 Å². The van der Waals surface area contributed by atoms with Gasteiger partial charge in [0.2, 0.25) is 0 Å². The van der Waals surface area contributed by atoms with Crippen LogP contribution in [0.5, 0.6) is 0 Å². The summed E-state index contributed by atoms with van der Waals surface area (Å²) >= 11 is 3.32. The number of aromatic nitrogens is 1. The van der Waals surface area contributed by atoms with Crippen molar-refractivity contribution in [3.8, 4) is 0 Å². The van der Waals surface area contributed by atoms with Crippen LogP contribution in [0.2, 0.25) is 0 Å². The molecular formula is C12H16N2OS2. The number of hydrogen-bond acceptors (Lipinski definition) is 5. The van der Waals surface area contributed by atoms with Gasteiger partial charge in [-0.25, -0.2) is 4.98 Å². The Morgan fingerprint density at radius 1 is 1.41 bits per heavy atom. The lowest BCUT2D eigenvalue weighted by Gasteiger charge is -2.25. The number of aliphatic hydroxyl groups excluding tert-OH is 1. The van der Waals surface area contributed by atoms with Crippen LogP contribution in [0.15, 0.2) is 23.7 Å². The number of hydrogen-bond donors (Lipinski definition) is 1. The Morgan fingerprint density at radius 3 is 2.76 bits per heavy atom. The zero-order chi connectivity index (χ0) is 12.3. The largest absolute Gasteiger partial charge is 0.391 e. The van der Waals surface area contributed by atoms with Crippen molar-refractivity contribution in [3.63, 3.8) is 0 Å². The van der Waals surface area contributed by atoms with Crippen molar-refractivity contribution < 1.29 is 5.11 Å². The summed E-state index contributed by atoms with van der Waals surface area (Å²) in [6.07, 6.45) is 1.75. The van der Waals surface area contributed by atoms with Crippen LogP contribution in [-0.4, -0.2) is 16.1 Å². The van der Waals surface area contributed by atoms with E-state index in [1.807, 2.05) is 0 Å². The first kappa shape index (κ1) is 12.5. The Labute approximate surface area is 109 Å². The van der Waals surface area contributed by atoms with Gasteiger partial charge in [0.1, 0.15) is 0 Å². The van der Waals surface area contributed by atoms with Gasteiger partial charge in [-0.3, -0.25) is 0 Å². The maximum atomic E-state index is 9.08. The Bertz CT molecular complexity index is 451. The van der Waals surface area contributed by atoms with Gasteiger partial charge in [-0.1, -0.05) is 17.4 Å². The van der Waals surface area contributed by atoms with Gasteiger partial charge in [0.15, 0.2) is 5.13 Å². The zero-order valence-electron chi connectivity index (χ0n) is 9.96. The van der Waals surface area contributed by atoms with Crippen molar-refractivity contribution in [2.45, 2.75) is 33.0 Å². The molecule has 2 rings (SSSR count). The van der Waals surface area contributed by atoms with Crippen molar-refractivity contribution in [2.75, 3.05) is 4.90 Å². The molecular weight excluding hydrogens is 252 g/mol. The molecule has 0 fully saturated rings. The molecule has 1 N–H and O–H groups in total. The molecule has 0 spiro atoms. The normalized spacial score (nSPS) is 11.1. The highest BCUT2D eigenvalue weighted by molar-refractivity contribution is 7.15. The molecule has 0 aliphatic rings. The lowest BCUT2D eigenvalue weighted by molar-refractivity contribution is 0.285. The van der Waals surface area contributed by atoms with E-state index < -0.39 is 0 Å². The monoisotopic (exact) mass is 268 g/mol. The first-order valence-corrected chi connectivity index (χ1v) is 7.25. The van der Waals surface area contributed by atoms with Gasteiger partial charge in [-0.05, 0) is 25.3 Å². The molecule has 0 saturated heterocycles. The molecule has 2 heterocycles. The van der Waals surface area contributed by atoms with E-state index in [9.17, 15) is 0 Å². The molecule has 0 aliphatic carbocycles. The fraction of sp³-hybridized carbons (Fsp3) is 0.417. The Balaban J connectivity index is 2.17. The standard InChI is InChI=1S/C12H16N2OS2/c1-9(2)14(7-10-4-3-5-16-10)12-13-6-11(8-15)17-12/h3-6,9,15H,7-8H2,1-2H3. The van der Waals surface area contributed by atoms with E-state index in [0.29, 0.717) is 6.04 Å². The molecule has 0 radical (unpaired) electrons. The fourth-order valence-corrected chi connectivity index (χ4v) is 3.15. The van der Waals surface area contributed by atoms with E-state index in [-0.39, 0.29) is 6.61 Å². The maximum absolute atomic E-state index is 9.08. The van der Waals surface area contributed by atoms with Gasteiger partial charge in [0.25, 0.3) is 0 Å². The van der Waals surface area contributed by atoms with E-state index in [1.54, 1.807) is 28.9 Å². The summed E-state index contributed by atoms with van der Waals surface area (Å²) in [7, 11) is 0. The molecule has 0 unspecified atom stereocenters. The predicted octanol–water partition coefficient (Wildman–Crippen LogP) is 3.11. The van der Waals surface area contributed by atoms with E-state index in [1.165, 1.54) is 4.88 Å². The molecule has 5 heteroatoms. The first-order chi connectivity index (χ1) is 8.20. The highest BCUT2D eigenvalue weighted by Gasteiger charge is 2.15. The summed E-state index contributed by atoms with van der Waals surface area (Å²) in [5.41, 5.74) is 0.